The third-order valence-corrected chi connectivity index (χ3v) is 3.82. The zero-order valence-electron chi connectivity index (χ0n) is 13.3. The van der Waals surface area contributed by atoms with Crippen molar-refractivity contribution in [3.05, 3.63) is 42.0 Å². The number of nitrogens with one attached hydrogen (secondary N) is 1. The minimum Gasteiger partial charge on any atom is -0.354 e. The molecule has 0 aliphatic carbocycles. The lowest BCUT2D eigenvalue weighted by molar-refractivity contribution is -0.137. The van der Waals surface area contributed by atoms with E-state index in [2.05, 4.69) is 20.4 Å². The number of rotatable bonds is 2. The Kier molecular flexibility index (Phi) is 7.92. The van der Waals surface area contributed by atoms with Crippen LogP contribution in [0.5, 0.6) is 0 Å². The summed E-state index contributed by atoms with van der Waals surface area (Å²) >= 11 is 0. The zero-order chi connectivity index (χ0) is 16.3. The van der Waals surface area contributed by atoms with Crippen LogP contribution in [0.3, 0.4) is 0 Å². The van der Waals surface area contributed by atoms with Crippen molar-refractivity contribution in [3.8, 4) is 11.3 Å². The second-order valence-electron chi connectivity index (χ2n) is 5.44. The molecule has 4 nitrogen and oxygen atoms in total. The average Bonchev–Trinajstić information content (AvgIpc) is 2.84. The van der Waals surface area contributed by atoms with E-state index < -0.39 is 11.7 Å². The second kappa shape index (κ2) is 9.22. The molecule has 1 N–H and O–H groups in total. The van der Waals surface area contributed by atoms with Crippen molar-refractivity contribution in [2.24, 2.45) is 0 Å². The Morgan fingerprint density at radius 3 is 2.20 bits per heavy atom. The highest BCUT2D eigenvalue weighted by molar-refractivity contribution is 5.85. The van der Waals surface area contributed by atoms with Crippen molar-refractivity contribution in [1.29, 1.82) is 0 Å². The van der Waals surface area contributed by atoms with E-state index in [1.54, 1.807) is 6.07 Å². The van der Waals surface area contributed by atoms with Gasteiger partial charge in [-0.3, -0.25) is 0 Å². The lowest BCUT2D eigenvalue weighted by Crippen LogP contribution is -2.28. The van der Waals surface area contributed by atoms with Crippen molar-refractivity contribution in [3.63, 3.8) is 0 Å². The minimum absolute atomic E-state index is 0. The van der Waals surface area contributed by atoms with E-state index in [-0.39, 0.29) is 24.8 Å². The second-order valence-corrected chi connectivity index (χ2v) is 5.44. The van der Waals surface area contributed by atoms with Crippen LogP contribution in [-0.4, -0.2) is 36.4 Å². The Morgan fingerprint density at radius 1 is 0.880 bits per heavy atom. The van der Waals surface area contributed by atoms with Gasteiger partial charge in [0.1, 0.15) is 0 Å². The number of aromatic nitrogens is 2. The SMILES string of the molecule is Cl.Cl.FC(F)(F)c1ccc(-c2ccc(N3CCCNCC3)nn2)cc1. The minimum atomic E-state index is -4.32. The third kappa shape index (κ3) is 5.45. The van der Waals surface area contributed by atoms with Gasteiger partial charge in [0.25, 0.3) is 0 Å². The Hall–Kier alpha value is -1.57. The molecule has 0 spiro atoms. The van der Waals surface area contributed by atoms with Gasteiger partial charge in [0.15, 0.2) is 5.82 Å². The summed E-state index contributed by atoms with van der Waals surface area (Å²) in [7, 11) is 0. The van der Waals surface area contributed by atoms with Crippen LogP contribution in [0.1, 0.15) is 12.0 Å². The van der Waals surface area contributed by atoms with Gasteiger partial charge in [0.2, 0.25) is 0 Å². The number of nitrogens with zero attached hydrogens (tertiary/aromatic N) is 3. The molecule has 3 rings (SSSR count). The average molecular weight is 395 g/mol. The number of hydrogen-bond acceptors (Lipinski definition) is 4. The molecule has 0 atom stereocenters. The molecule has 0 radical (unpaired) electrons. The van der Waals surface area contributed by atoms with E-state index in [4.69, 9.17) is 0 Å². The van der Waals surface area contributed by atoms with E-state index in [1.165, 1.54) is 12.1 Å². The molecule has 2 heterocycles. The van der Waals surface area contributed by atoms with Crippen molar-refractivity contribution in [2.45, 2.75) is 12.6 Å². The predicted molar refractivity (Wildman–Crippen MR) is 96.7 cm³/mol. The molecule has 0 amide bonds. The summed E-state index contributed by atoms with van der Waals surface area (Å²) in [4.78, 5) is 2.16. The van der Waals surface area contributed by atoms with E-state index in [0.29, 0.717) is 11.3 Å². The van der Waals surface area contributed by atoms with Crippen molar-refractivity contribution in [1.82, 2.24) is 15.5 Å². The Bertz CT molecular complexity index is 640. The summed E-state index contributed by atoms with van der Waals surface area (Å²) in [6.45, 7) is 3.69. The van der Waals surface area contributed by atoms with E-state index in [9.17, 15) is 13.2 Å². The van der Waals surface area contributed by atoms with Crippen molar-refractivity contribution in [2.75, 3.05) is 31.1 Å². The molecule has 9 heteroatoms. The van der Waals surface area contributed by atoms with Crippen LogP contribution in [0.2, 0.25) is 0 Å². The van der Waals surface area contributed by atoms with Crippen LogP contribution in [0.4, 0.5) is 19.0 Å². The van der Waals surface area contributed by atoms with Gasteiger partial charge >= 0.3 is 6.18 Å². The molecular weight excluding hydrogens is 376 g/mol. The normalized spacial score (nSPS) is 14.9. The molecule has 1 aromatic carbocycles. The van der Waals surface area contributed by atoms with E-state index in [0.717, 1.165) is 50.6 Å². The first-order valence-corrected chi connectivity index (χ1v) is 7.51. The maximum atomic E-state index is 12.6. The number of benzene rings is 1. The van der Waals surface area contributed by atoms with Gasteiger partial charge in [0, 0.05) is 25.2 Å². The van der Waals surface area contributed by atoms with Crippen LogP contribution < -0.4 is 10.2 Å². The Balaban J connectivity index is 0.00000156. The van der Waals surface area contributed by atoms with Crippen molar-refractivity contribution >= 4 is 30.6 Å². The Morgan fingerprint density at radius 2 is 1.60 bits per heavy atom. The first-order valence-electron chi connectivity index (χ1n) is 7.51. The van der Waals surface area contributed by atoms with Gasteiger partial charge in [0.05, 0.1) is 11.3 Å². The van der Waals surface area contributed by atoms with Gasteiger partial charge < -0.3 is 10.2 Å². The molecule has 1 saturated heterocycles. The summed E-state index contributed by atoms with van der Waals surface area (Å²) in [5.41, 5.74) is 0.521. The summed E-state index contributed by atoms with van der Waals surface area (Å²) in [5, 5.41) is 11.7. The fraction of sp³-hybridized carbons (Fsp3) is 0.375. The summed E-state index contributed by atoms with van der Waals surface area (Å²) in [5.74, 6) is 0.796. The molecule has 2 aromatic rings. The van der Waals surface area contributed by atoms with Crippen molar-refractivity contribution < 1.29 is 13.2 Å². The maximum Gasteiger partial charge on any atom is 0.416 e. The number of anilines is 1. The smallest absolute Gasteiger partial charge is 0.354 e. The van der Waals surface area contributed by atoms with Crippen LogP contribution in [0, 0.1) is 0 Å². The van der Waals surface area contributed by atoms with Crippen LogP contribution in [-0.2, 0) is 6.18 Å². The highest BCUT2D eigenvalue weighted by Crippen LogP contribution is 2.30. The first kappa shape index (κ1) is 21.5. The molecular formula is C16H19Cl2F3N4. The Labute approximate surface area is 156 Å². The van der Waals surface area contributed by atoms with Gasteiger partial charge in [-0.1, -0.05) is 12.1 Å². The fourth-order valence-electron chi connectivity index (χ4n) is 2.55. The van der Waals surface area contributed by atoms with Gasteiger partial charge in [-0.05, 0) is 37.2 Å². The molecule has 0 bridgehead atoms. The first-order chi connectivity index (χ1) is 11.0. The molecule has 1 aromatic heterocycles. The summed E-state index contributed by atoms with van der Waals surface area (Å²) in [6, 6.07) is 8.62. The largest absolute Gasteiger partial charge is 0.416 e. The summed E-state index contributed by atoms with van der Waals surface area (Å²) < 4.78 is 37.7. The zero-order valence-corrected chi connectivity index (χ0v) is 14.9. The number of halogens is 5. The van der Waals surface area contributed by atoms with E-state index in [1.807, 2.05) is 6.07 Å². The third-order valence-electron chi connectivity index (χ3n) is 3.82. The molecule has 0 saturated carbocycles. The van der Waals surface area contributed by atoms with Gasteiger partial charge in [-0.2, -0.15) is 13.2 Å². The number of hydrogen-bond donors (Lipinski definition) is 1. The molecule has 1 aliphatic rings. The fourth-order valence-corrected chi connectivity index (χ4v) is 2.55. The standard InChI is InChI=1S/C16H17F3N4.2ClH/c17-16(18,19)13-4-2-12(3-5-13)14-6-7-15(22-21-14)23-10-1-8-20-9-11-23;;/h2-7,20H,1,8-11H2;2*1H. The quantitative estimate of drug-likeness (QED) is 0.840. The van der Waals surface area contributed by atoms with Crippen LogP contribution in [0.25, 0.3) is 11.3 Å². The predicted octanol–water partition coefficient (Wildman–Crippen LogP) is 3.81. The lowest BCUT2D eigenvalue weighted by atomic mass is 10.1. The van der Waals surface area contributed by atoms with Gasteiger partial charge in [-0.15, -0.1) is 35.0 Å². The lowest BCUT2D eigenvalue weighted by Gasteiger charge is -2.20. The van der Waals surface area contributed by atoms with Gasteiger partial charge in [-0.25, -0.2) is 0 Å². The van der Waals surface area contributed by atoms with Crippen LogP contribution >= 0.6 is 24.8 Å². The monoisotopic (exact) mass is 394 g/mol. The van der Waals surface area contributed by atoms with Crippen LogP contribution in [0.15, 0.2) is 36.4 Å². The van der Waals surface area contributed by atoms with E-state index >= 15 is 0 Å². The summed E-state index contributed by atoms with van der Waals surface area (Å²) in [6.07, 6.45) is -3.28. The molecule has 1 aliphatic heterocycles. The maximum absolute atomic E-state index is 12.6. The number of alkyl halides is 3. The molecule has 25 heavy (non-hydrogen) atoms. The molecule has 138 valence electrons. The highest BCUT2D eigenvalue weighted by Gasteiger charge is 2.30. The topological polar surface area (TPSA) is 41.0 Å². The molecule has 0 unspecified atom stereocenters. The molecule has 1 fully saturated rings. The highest BCUT2D eigenvalue weighted by atomic mass is 35.5.